The van der Waals surface area contributed by atoms with E-state index in [0.717, 1.165) is 0 Å². The molecule has 1 amide bonds. The Morgan fingerprint density at radius 3 is 2.70 bits per heavy atom. The lowest BCUT2D eigenvalue weighted by Crippen LogP contribution is -2.37. The largest absolute Gasteiger partial charge is 0.350 e. The predicted molar refractivity (Wildman–Crippen MR) is 73.8 cm³/mol. The number of aromatic nitrogens is 2. The number of hydrogen-bond acceptors (Lipinski definition) is 3. The summed E-state index contributed by atoms with van der Waals surface area (Å²) in [6.07, 6.45) is 4.35. The third-order valence-corrected chi connectivity index (χ3v) is 3.09. The van der Waals surface area contributed by atoms with Gasteiger partial charge >= 0.3 is 0 Å². The van der Waals surface area contributed by atoms with E-state index in [2.05, 4.69) is 15.3 Å². The van der Waals surface area contributed by atoms with Gasteiger partial charge in [0, 0.05) is 24.4 Å². The summed E-state index contributed by atoms with van der Waals surface area (Å²) in [5, 5.41) is 2.76. The van der Waals surface area contributed by atoms with Crippen LogP contribution in [0.2, 0.25) is 0 Å². The molecule has 0 saturated heterocycles. The number of benzene rings is 1. The van der Waals surface area contributed by atoms with Crippen molar-refractivity contribution >= 4 is 5.91 Å². The molecule has 4 nitrogen and oxygen atoms in total. The Morgan fingerprint density at radius 2 is 2.05 bits per heavy atom. The summed E-state index contributed by atoms with van der Waals surface area (Å²) in [5.74, 6) is -0.589. The molecule has 104 valence electrons. The second-order valence-electron chi connectivity index (χ2n) is 5.14. The van der Waals surface area contributed by atoms with E-state index in [4.69, 9.17) is 0 Å². The van der Waals surface area contributed by atoms with Gasteiger partial charge in [-0.15, -0.1) is 0 Å². The van der Waals surface area contributed by atoms with E-state index in [-0.39, 0.29) is 17.4 Å². The molecule has 0 radical (unpaired) electrons. The molecule has 1 N–H and O–H groups in total. The van der Waals surface area contributed by atoms with Crippen LogP contribution < -0.4 is 5.32 Å². The van der Waals surface area contributed by atoms with Crippen LogP contribution in [0.15, 0.2) is 42.9 Å². The molecular formula is C15H16FN3O. The first-order chi connectivity index (χ1) is 9.50. The number of rotatable bonds is 4. The van der Waals surface area contributed by atoms with Crippen LogP contribution in [0.5, 0.6) is 0 Å². The maximum absolute atomic E-state index is 13.8. The maximum atomic E-state index is 13.8. The minimum atomic E-state index is -0.511. The highest BCUT2D eigenvalue weighted by Crippen LogP contribution is 2.24. The van der Waals surface area contributed by atoms with Crippen molar-refractivity contribution in [2.24, 2.45) is 0 Å². The summed E-state index contributed by atoms with van der Waals surface area (Å²) in [6.45, 7) is 4.06. The van der Waals surface area contributed by atoms with Gasteiger partial charge in [0.2, 0.25) is 0 Å². The number of halogens is 1. The fourth-order valence-electron chi connectivity index (χ4n) is 1.91. The minimum Gasteiger partial charge on any atom is -0.350 e. The third-order valence-electron chi connectivity index (χ3n) is 3.09. The van der Waals surface area contributed by atoms with Gasteiger partial charge in [-0.1, -0.05) is 32.0 Å². The molecule has 0 spiro atoms. The summed E-state index contributed by atoms with van der Waals surface area (Å²) in [7, 11) is 0. The molecule has 0 saturated carbocycles. The molecular weight excluding hydrogens is 257 g/mol. The first kappa shape index (κ1) is 14.1. The summed E-state index contributed by atoms with van der Waals surface area (Å²) >= 11 is 0. The van der Waals surface area contributed by atoms with Crippen LogP contribution in [0.4, 0.5) is 4.39 Å². The van der Waals surface area contributed by atoms with Crippen LogP contribution in [0, 0.1) is 5.82 Å². The molecule has 0 bridgehead atoms. The molecule has 1 heterocycles. The van der Waals surface area contributed by atoms with Crippen molar-refractivity contribution < 1.29 is 9.18 Å². The molecule has 0 atom stereocenters. The lowest BCUT2D eigenvalue weighted by molar-refractivity contribution is 0.0940. The quantitative estimate of drug-likeness (QED) is 0.930. The molecule has 1 aromatic heterocycles. The van der Waals surface area contributed by atoms with Gasteiger partial charge < -0.3 is 5.32 Å². The van der Waals surface area contributed by atoms with Gasteiger partial charge in [-0.25, -0.2) is 9.37 Å². The van der Waals surface area contributed by atoms with Crippen LogP contribution in [0.25, 0.3) is 0 Å². The van der Waals surface area contributed by atoms with Gasteiger partial charge in [0.25, 0.3) is 5.91 Å². The molecule has 20 heavy (non-hydrogen) atoms. The molecule has 1 aromatic carbocycles. The molecule has 2 rings (SSSR count). The van der Waals surface area contributed by atoms with Crippen LogP contribution in [0.3, 0.4) is 0 Å². The fraction of sp³-hybridized carbons (Fsp3) is 0.267. The Kier molecular flexibility index (Phi) is 4.08. The summed E-state index contributed by atoms with van der Waals surface area (Å²) in [6, 6.07) is 6.57. The van der Waals surface area contributed by atoms with E-state index in [0.29, 0.717) is 12.1 Å². The Hall–Kier alpha value is -2.30. The van der Waals surface area contributed by atoms with Gasteiger partial charge in [0.1, 0.15) is 11.5 Å². The maximum Gasteiger partial charge on any atom is 0.271 e. The smallest absolute Gasteiger partial charge is 0.271 e. The number of hydrogen-bond donors (Lipinski definition) is 1. The zero-order chi connectivity index (χ0) is 14.6. The summed E-state index contributed by atoms with van der Waals surface area (Å²) < 4.78 is 13.8. The Bertz CT molecular complexity index is 599. The Balaban J connectivity index is 2.07. The van der Waals surface area contributed by atoms with E-state index in [1.54, 1.807) is 18.2 Å². The Morgan fingerprint density at radius 1 is 1.30 bits per heavy atom. The van der Waals surface area contributed by atoms with Gasteiger partial charge in [0.15, 0.2) is 0 Å². The molecule has 5 heteroatoms. The van der Waals surface area contributed by atoms with Crippen molar-refractivity contribution in [3.63, 3.8) is 0 Å². The predicted octanol–water partition coefficient (Wildman–Crippen LogP) is 2.32. The minimum absolute atomic E-state index is 0.247. The van der Waals surface area contributed by atoms with Crippen molar-refractivity contribution in [3.8, 4) is 0 Å². The topological polar surface area (TPSA) is 54.9 Å². The van der Waals surface area contributed by atoms with Crippen LogP contribution in [-0.2, 0) is 5.41 Å². The lowest BCUT2D eigenvalue weighted by Gasteiger charge is -2.26. The zero-order valence-corrected chi connectivity index (χ0v) is 11.4. The van der Waals surface area contributed by atoms with E-state index >= 15 is 0 Å². The highest BCUT2D eigenvalue weighted by Gasteiger charge is 2.24. The second-order valence-corrected chi connectivity index (χ2v) is 5.14. The summed E-state index contributed by atoms with van der Waals surface area (Å²) in [5.41, 5.74) is 0.305. The van der Waals surface area contributed by atoms with Gasteiger partial charge in [0.05, 0.1) is 6.20 Å². The van der Waals surface area contributed by atoms with Crippen LogP contribution in [-0.4, -0.2) is 22.4 Å². The van der Waals surface area contributed by atoms with Crippen molar-refractivity contribution in [2.45, 2.75) is 19.3 Å². The Labute approximate surface area is 117 Å². The first-order valence-corrected chi connectivity index (χ1v) is 6.30. The SMILES string of the molecule is CC(C)(CNC(=O)c1cnccn1)c1ccccc1F. The molecule has 2 aromatic rings. The van der Waals surface area contributed by atoms with E-state index in [1.165, 1.54) is 24.7 Å². The van der Waals surface area contributed by atoms with Crippen LogP contribution in [0.1, 0.15) is 29.9 Å². The number of amides is 1. The van der Waals surface area contributed by atoms with Crippen molar-refractivity contribution in [1.82, 2.24) is 15.3 Å². The second kappa shape index (κ2) is 5.77. The molecule has 0 fully saturated rings. The van der Waals surface area contributed by atoms with E-state index in [1.807, 2.05) is 13.8 Å². The summed E-state index contributed by atoms with van der Waals surface area (Å²) in [4.78, 5) is 19.7. The lowest BCUT2D eigenvalue weighted by atomic mass is 9.84. The van der Waals surface area contributed by atoms with Crippen LogP contribution >= 0.6 is 0 Å². The average molecular weight is 273 g/mol. The molecule has 0 unspecified atom stereocenters. The van der Waals surface area contributed by atoms with Crippen molar-refractivity contribution in [2.75, 3.05) is 6.54 Å². The molecule has 0 aliphatic heterocycles. The van der Waals surface area contributed by atoms with Gasteiger partial charge in [-0.3, -0.25) is 9.78 Å². The number of nitrogens with zero attached hydrogens (tertiary/aromatic N) is 2. The monoisotopic (exact) mass is 273 g/mol. The van der Waals surface area contributed by atoms with E-state index in [9.17, 15) is 9.18 Å². The molecule has 0 aliphatic rings. The van der Waals surface area contributed by atoms with Crippen molar-refractivity contribution in [3.05, 3.63) is 59.9 Å². The zero-order valence-electron chi connectivity index (χ0n) is 11.4. The highest BCUT2D eigenvalue weighted by molar-refractivity contribution is 5.91. The first-order valence-electron chi connectivity index (χ1n) is 6.30. The normalized spacial score (nSPS) is 11.2. The number of carbonyl (C=O) groups excluding carboxylic acids is 1. The highest BCUT2D eigenvalue weighted by atomic mass is 19.1. The molecule has 0 aliphatic carbocycles. The van der Waals surface area contributed by atoms with Gasteiger partial charge in [-0.05, 0) is 11.6 Å². The fourth-order valence-corrected chi connectivity index (χ4v) is 1.91. The third kappa shape index (κ3) is 3.17. The number of carbonyl (C=O) groups is 1. The number of nitrogens with one attached hydrogen (secondary N) is 1. The van der Waals surface area contributed by atoms with Crippen molar-refractivity contribution in [1.29, 1.82) is 0 Å². The van der Waals surface area contributed by atoms with Gasteiger partial charge in [-0.2, -0.15) is 0 Å². The standard InChI is InChI=1S/C15H16FN3O/c1-15(2,11-5-3-4-6-12(11)16)10-19-14(20)13-9-17-7-8-18-13/h3-9H,10H2,1-2H3,(H,19,20). The van der Waals surface area contributed by atoms with E-state index < -0.39 is 5.41 Å². The average Bonchev–Trinajstić information content (AvgIpc) is 2.46.